The topological polar surface area (TPSA) is 52.6 Å². The zero-order valence-electron chi connectivity index (χ0n) is 12.8. The molecule has 0 saturated heterocycles. The summed E-state index contributed by atoms with van der Waals surface area (Å²) >= 11 is 0. The van der Waals surface area contributed by atoms with Gasteiger partial charge < -0.3 is 9.47 Å². The number of ether oxygens (including phenoxy) is 2. The summed E-state index contributed by atoms with van der Waals surface area (Å²) in [7, 11) is 0. The fourth-order valence-electron chi connectivity index (χ4n) is 1.35. The molecule has 0 atom stereocenters. The highest BCUT2D eigenvalue weighted by Crippen LogP contribution is 2.01. The molecule has 0 bridgehead atoms. The van der Waals surface area contributed by atoms with Crippen molar-refractivity contribution in [3.63, 3.8) is 0 Å². The second kappa shape index (κ2) is 12.5. The van der Waals surface area contributed by atoms with Gasteiger partial charge in [-0.25, -0.2) is 0 Å². The Morgan fingerprint density at radius 2 is 1.65 bits per heavy atom. The third-order valence-corrected chi connectivity index (χ3v) is 2.45. The van der Waals surface area contributed by atoms with Gasteiger partial charge in [0.1, 0.15) is 6.61 Å². The Morgan fingerprint density at radius 1 is 1.00 bits per heavy atom. The van der Waals surface area contributed by atoms with Crippen molar-refractivity contribution in [2.24, 2.45) is 0 Å². The van der Waals surface area contributed by atoms with Crippen LogP contribution < -0.4 is 0 Å². The predicted molar refractivity (Wildman–Crippen MR) is 79.2 cm³/mol. The molecule has 0 unspecified atom stereocenters. The Hall–Kier alpha value is -1.58. The largest absolute Gasteiger partial charge is 0.465 e. The van der Waals surface area contributed by atoms with Crippen LogP contribution in [0.2, 0.25) is 0 Å². The zero-order valence-corrected chi connectivity index (χ0v) is 12.8. The number of hydrogen-bond acceptors (Lipinski definition) is 4. The average molecular weight is 282 g/mol. The maximum atomic E-state index is 11.4. The van der Waals surface area contributed by atoms with Gasteiger partial charge in [0.05, 0.1) is 6.61 Å². The molecule has 0 aliphatic rings. The van der Waals surface area contributed by atoms with Crippen LogP contribution in [0.1, 0.15) is 52.9 Å². The van der Waals surface area contributed by atoms with Crippen molar-refractivity contribution in [3.8, 4) is 0 Å². The molecule has 20 heavy (non-hydrogen) atoms. The lowest BCUT2D eigenvalue weighted by Gasteiger charge is -2.04. The van der Waals surface area contributed by atoms with Crippen molar-refractivity contribution < 1.29 is 19.1 Å². The molecular formula is C16H26O4. The Kier molecular flexibility index (Phi) is 11.5. The first-order valence-electron chi connectivity index (χ1n) is 7.15. The first-order chi connectivity index (χ1) is 9.56. The van der Waals surface area contributed by atoms with Crippen LogP contribution in [0.4, 0.5) is 0 Å². The van der Waals surface area contributed by atoms with Gasteiger partial charge in [-0.1, -0.05) is 24.6 Å². The summed E-state index contributed by atoms with van der Waals surface area (Å²) in [4.78, 5) is 22.7. The minimum absolute atomic E-state index is 0.251. The van der Waals surface area contributed by atoms with Gasteiger partial charge in [-0.2, -0.15) is 0 Å². The molecule has 0 aliphatic heterocycles. The van der Waals surface area contributed by atoms with Crippen molar-refractivity contribution in [3.05, 3.63) is 23.8 Å². The molecule has 0 spiro atoms. The minimum Gasteiger partial charge on any atom is -0.465 e. The van der Waals surface area contributed by atoms with Crippen LogP contribution in [0, 0.1) is 0 Å². The summed E-state index contributed by atoms with van der Waals surface area (Å²) in [6, 6.07) is 0. The summed E-state index contributed by atoms with van der Waals surface area (Å²) in [6.07, 6.45) is 8.58. The second-order valence-electron chi connectivity index (χ2n) is 4.71. The molecule has 114 valence electrons. The van der Waals surface area contributed by atoms with Gasteiger partial charge in [0.25, 0.3) is 0 Å². The molecular weight excluding hydrogens is 256 g/mol. The zero-order chi connectivity index (χ0) is 15.2. The monoisotopic (exact) mass is 282 g/mol. The predicted octanol–water partition coefficient (Wildman–Crippen LogP) is 3.57. The number of esters is 2. The Bertz CT molecular complexity index is 338. The van der Waals surface area contributed by atoms with Gasteiger partial charge in [0.2, 0.25) is 0 Å². The van der Waals surface area contributed by atoms with Gasteiger partial charge in [0, 0.05) is 12.8 Å². The molecule has 4 nitrogen and oxygen atoms in total. The van der Waals surface area contributed by atoms with Crippen LogP contribution in [0.3, 0.4) is 0 Å². The summed E-state index contributed by atoms with van der Waals surface area (Å²) in [5, 5.41) is 0. The molecule has 0 radical (unpaired) electrons. The Labute approximate surface area is 121 Å². The molecule has 0 aromatic heterocycles. The van der Waals surface area contributed by atoms with Gasteiger partial charge >= 0.3 is 11.9 Å². The maximum Gasteiger partial charge on any atom is 0.306 e. The van der Waals surface area contributed by atoms with Crippen molar-refractivity contribution in [1.29, 1.82) is 0 Å². The number of hydrogen-bond donors (Lipinski definition) is 0. The molecule has 0 heterocycles. The van der Waals surface area contributed by atoms with E-state index in [-0.39, 0.29) is 24.8 Å². The van der Waals surface area contributed by atoms with Gasteiger partial charge in [0.15, 0.2) is 0 Å². The third-order valence-electron chi connectivity index (χ3n) is 2.45. The highest BCUT2D eigenvalue weighted by atomic mass is 16.5. The molecule has 0 amide bonds. The standard InChI is InChI=1S/C16H26O4/c1-4-5-6-7-12-19-15(17)9-8-10-16(18)20-13-11-14(2)3/h5-6,11H,4,7-10,12-13H2,1-3H3/b6-5+. The minimum atomic E-state index is -0.277. The van der Waals surface area contributed by atoms with E-state index in [1.54, 1.807) is 0 Å². The van der Waals surface area contributed by atoms with Crippen LogP contribution in [-0.2, 0) is 19.1 Å². The lowest BCUT2D eigenvalue weighted by atomic mass is 10.2. The van der Waals surface area contributed by atoms with E-state index in [2.05, 4.69) is 6.92 Å². The highest BCUT2D eigenvalue weighted by molar-refractivity contribution is 5.72. The number of rotatable bonds is 10. The molecule has 0 N–H and O–H groups in total. The summed E-state index contributed by atoms with van der Waals surface area (Å²) in [5.41, 5.74) is 1.11. The SMILES string of the molecule is CC/C=C/CCOC(=O)CCCC(=O)OCC=C(C)C. The summed E-state index contributed by atoms with van der Waals surface area (Å²) < 4.78 is 10.0. The molecule has 0 fully saturated rings. The van der Waals surface area contributed by atoms with Gasteiger partial charge in [-0.05, 0) is 39.2 Å². The number of carbonyl (C=O) groups is 2. The van der Waals surface area contributed by atoms with Crippen LogP contribution in [0.15, 0.2) is 23.8 Å². The highest BCUT2D eigenvalue weighted by Gasteiger charge is 2.06. The fourth-order valence-corrected chi connectivity index (χ4v) is 1.35. The van der Waals surface area contributed by atoms with Crippen LogP contribution in [0.5, 0.6) is 0 Å². The van der Waals surface area contributed by atoms with E-state index < -0.39 is 0 Å². The van der Waals surface area contributed by atoms with Crippen molar-refractivity contribution >= 4 is 11.9 Å². The Balaban J connectivity index is 3.53. The number of carbonyl (C=O) groups excluding carboxylic acids is 2. The molecule has 0 aliphatic carbocycles. The van der Waals surface area contributed by atoms with E-state index in [1.165, 1.54) is 0 Å². The lowest BCUT2D eigenvalue weighted by molar-refractivity contribution is -0.144. The van der Waals surface area contributed by atoms with E-state index in [4.69, 9.17) is 9.47 Å². The first kappa shape index (κ1) is 18.4. The molecule has 0 saturated carbocycles. The fraction of sp³-hybridized carbons (Fsp3) is 0.625. The summed E-state index contributed by atoms with van der Waals surface area (Å²) in [5.74, 6) is -0.534. The first-order valence-corrected chi connectivity index (χ1v) is 7.15. The normalized spacial score (nSPS) is 10.3. The summed E-state index contributed by atoms with van der Waals surface area (Å²) in [6.45, 7) is 6.65. The molecule has 0 aromatic carbocycles. The average Bonchev–Trinajstić information content (AvgIpc) is 2.38. The van der Waals surface area contributed by atoms with Crippen LogP contribution in [0.25, 0.3) is 0 Å². The van der Waals surface area contributed by atoms with Crippen molar-refractivity contribution in [2.45, 2.75) is 52.9 Å². The smallest absolute Gasteiger partial charge is 0.306 e. The Morgan fingerprint density at radius 3 is 2.25 bits per heavy atom. The van der Waals surface area contributed by atoms with Crippen molar-refractivity contribution in [2.75, 3.05) is 13.2 Å². The van der Waals surface area contributed by atoms with Crippen LogP contribution in [-0.4, -0.2) is 25.2 Å². The van der Waals surface area contributed by atoms with Crippen LogP contribution >= 0.6 is 0 Å². The maximum absolute atomic E-state index is 11.4. The molecule has 0 rings (SSSR count). The third kappa shape index (κ3) is 12.9. The van der Waals surface area contributed by atoms with Crippen molar-refractivity contribution in [1.82, 2.24) is 0 Å². The van der Waals surface area contributed by atoms with E-state index in [0.717, 1.165) is 18.4 Å². The second-order valence-corrected chi connectivity index (χ2v) is 4.71. The number of allylic oxidation sites excluding steroid dienone is 2. The van der Waals surface area contributed by atoms with Gasteiger partial charge in [-0.3, -0.25) is 9.59 Å². The lowest BCUT2D eigenvalue weighted by Crippen LogP contribution is -2.08. The quantitative estimate of drug-likeness (QED) is 0.349. The van der Waals surface area contributed by atoms with E-state index in [1.807, 2.05) is 32.1 Å². The molecule has 4 heteroatoms. The van der Waals surface area contributed by atoms with E-state index >= 15 is 0 Å². The van der Waals surface area contributed by atoms with E-state index in [9.17, 15) is 9.59 Å². The van der Waals surface area contributed by atoms with E-state index in [0.29, 0.717) is 19.6 Å². The molecule has 0 aromatic rings. The van der Waals surface area contributed by atoms with Gasteiger partial charge in [-0.15, -0.1) is 0 Å².